The molecular formula is C17H24INO2. The van der Waals surface area contributed by atoms with E-state index < -0.39 is 0 Å². The summed E-state index contributed by atoms with van der Waals surface area (Å²) in [6.45, 7) is 1.11. The minimum atomic E-state index is 0. The Morgan fingerprint density at radius 3 is 1.43 bits per heavy atom. The standard InChI is InChI=1S/C12H10O.C5H14NO.HI/c1-3-7-11(8-4-1)13-12-9-5-2-6-10-12;1-6(2,3)4-5-7;/h1-10H;7H,4-5H2,1-3H3;1H/q;+1;/p-1. The normalized spacial score (nSPS) is 9.90. The number of aliphatic hydroxyl groups excluding tert-OH is 1. The third kappa shape index (κ3) is 10.3. The summed E-state index contributed by atoms with van der Waals surface area (Å²) in [5, 5.41) is 8.39. The number of rotatable bonds is 4. The fraction of sp³-hybridized carbons (Fsp3) is 0.294. The van der Waals surface area contributed by atoms with Crippen LogP contribution < -0.4 is 28.7 Å². The van der Waals surface area contributed by atoms with Crippen LogP contribution in [0.2, 0.25) is 0 Å². The maximum Gasteiger partial charge on any atom is 0.127 e. The lowest BCUT2D eigenvalue weighted by atomic mass is 10.3. The molecule has 0 aromatic heterocycles. The highest BCUT2D eigenvalue weighted by atomic mass is 127. The van der Waals surface area contributed by atoms with Crippen LogP contribution in [0.5, 0.6) is 11.5 Å². The number of hydrogen-bond donors (Lipinski definition) is 1. The van der Waals surface area contributed by atoms with E-state index in [2.05, 4.69) is 21.1 Å². The third-order valence-corrected chi connectivity index (χ3v) is 2.49. The highest BCUT2D eigenvalue weighted by Gasteiger charge is 2.02. The summed E-state index contributed by atoms with van der Waals surface area (Å²) in [5.41, 5.74) is 0. The molecule has 0 radical (unpaired) electrons. The van der Waals surface area contributed by atoms with E-state index in [4.69, 9.17) is 9.84 Å². The van der Waals surface area contributed by atoms with Gasteiger partial charge >= 0.3 is 0 Å². The van der Waals surface area contributed by atoms with Gasteiger partial charge in [0.15, 0.2) is 0 Å². The van der Waals surface area contributed by atoms with E-state index in [1.165, 1.54) is 0 Å². The second-order valence-corrected chi connectivity index (χ2v) is 5.47. The number of aliphatic hydroxyl groups is 1. The summed E-state index contributed by atoms with van der Waals surface area (Å²) >= 11 is 0. The molecule has 0 heterocycles. The van der Waals surface area contributed by atoms with Crippen LogP contribution in [0.15, 0.2) is 60.7 Å². The zero-order valence-corrected chi connectivity index (χ0v) is 15.0. The molecule has 0 saturated carbocycles. The predicted octanol–water partition coefficient (Wildman–Crippen LogP) is 0.168. The van der Waals surface area contributed by atoms with Gasteiger partial charge in [-0.15, -0.1) is 0 Å². The van der Waals surface area contributed by atoms with Gasteiger partial charge in [0.1, 0.15) is 18.0 Å². The molecule has 0 unspecified atom stereocenters. The van der Waals surface area contributed by atoms with Crippen LogP contribution in [0, 0.1) is 0 Å². The molecule has 0 aliphatic carbocycles. The van der Waals surface area contributed by atoms with E-state index in [-0.39, 0.29) is 30.6 Å². The first-order valence-electron chi connectivity index (χ1n) is 6.70. The second-order valence-electron chi connectivity index (χ2n) is 5.47. The molecule has 0 aliphatic heterocycles. The Kier molecular flexibility index (Phi) is 10.0. The smallest absolute Gasteiger partial charge is 0.127 e. The summed E-state index contributed by atoms with van der Waals surface area (Å²) in [5.74, 6) is 1.74. The fourth-order valence-electron chi connectivity index (χ4n) is 1.41. The van der Waals surface area contributed by atoms with Crippen LogP contribution in [0.3, 0.4) is 0 Å². The first kappa shape index (κ1) is 19.9. The van der Waals surface area contributed by atoms with Gasteiger partial charge < -0.3 is 38.3 Å². The van der Waals surface area contributed by atoms with Crippen molar-refractivity contribution in [2.75, 3.05) is 34.3 Å². The van der Waals surface area contributed by atoms with E-state index in [0.717, 1.165) is 22.5 Å². The number of para-hydroxylation sites is 2. The topological polar surface area (TPSA) is 29.5 Å². The molecule has 0 atom stereocenters. The van der Waals surface area contributed by atoms with Crippen molar-refractivity contribution in [3.63, 3.8) is 0 Å². The highest BCUT2D eigenvalue weighted by molar-refractivity contribution is 5.30. The number of ether oxygens (including phenoxy) is 1. The molecule has 0 amide bonds. The van der Waals surface area contributed by atoms with Crippen molar-refractivity contribution in [3.05, 3.63) is 60.7 Å². The molecule has 21 heavy (non-hydrogen) atoms. The van der Waals surface area contributed by atoms with Crippen molar-refractivity contribution in [3.8, 4) is 11.5 Å². The molecule has 0 bridgehead atoms. The number of likely N-dealkylation sites (N-methyl/N-ethyl adjacent to an activating group) is 1. The van der Waals surface area contributed by atoms with Crippen LogP contribution in [0.4, 0.5) is 0 Å². The van der Waals surface area contributed by atoms with Crippen molar-refractivity contribution >= 4 is 0 Å². The largest absolute Gasteiger partial charge is 1.00 e. The molecule has 2 aromatic carbocycles. The van der Waals surface area contributed by atoms with Gasteiger partial charge in [0.25, 0.3) is 0 Å². The Labute approximate surface area is 144 Å². The summed E-state index contributed by atoms with van der Waals surface area (Å²) < 4.78 is 6.42. The molecule has 0 aliphatic rings. The maximum absolute atomic E-state index is 8.39. The van der Waals surface area contributed by atoms with Gasteiger partial charge in [-0.2, -0.15) is 0 Å². The second kappa shape index (κ2) is 10.6. The predicted molar refractivity (Wildman–Crippen MR) is 82.9 cm³/mol. The monoisotopic (exact) mass is 401 g/mol. The maximum atomic E-state index is 8.39. The van der Waals surface area contributed by atoms with Gasteiger partial charge in [0, 0.05) is 0 Å². The van der Waals surface area contributed by atoms with E-state index in [1.807, 2.05) is 60.7 Å². The summed E-state index contributed by atoms with van der Waals surface area (Å²) in [6.07, 6.45) is 0. The molecule has 3 nitrogen and oxygen atoms in total. The minimum Gasteiger partial charge on any atom is -1.00 e. The average Bonchev–Trinajstić information content (AvgIpc) is 2.40. The molecule has 0 spiro atoms. The van der Waals surface area contributed by atoms with Gasteiger partial charge in [-0.1, -0.05) is 36.4 Å². The van der Waals surface area contributed by atoms with Crippen LogP contribution >= 0.6 is 0 Å². The van der Waals surface area contributed by atoms with Gasteiger partial charge in [0.2, 0.25) is 0 Å². The van der Waals surface area contributed by atoms with Crippen LogP contribution in [-0.4, -0.2) is 43.9 Å². The Morgan fingerprint density at radius 2 is 1.19 bits per heavy atom. The molecule has 0 saturated heterocycles. The molecule has 0 fully saturated rings. The summed E-state index contributed by atoms with van der Waals surface area (Å²) in [6, 6.07) is 19.5. The zero-order chi connectivity index (χ0) is 14.8. The van der Waals surface area contributed by atoms with Gasteiger partial charge in [-0.3, -0.25) is 0 Å². The summed E-state index contributed by atoms with van der Waals surface area (Å²) in [7, 11) is 6.16. The van der Waals surface area contributed by atoms with Crippen LogP contribution in [0.25, 0.3) is 0 Å². The van der Waals surface area contributed by atoms with E-state index in [9.17, 15) is 0 Å². The number of nitrogens with zero attached hydrogens (tertiary/aromatic N) is 1. The Balaban J connectivity index is 0.000000436. The Bertz CT molecular complexity index is 432. The first-order valence-corrected chi connectivity index (χ1v) is 6.70. The van der Waals surface area contributed by atoms with E-state index in [1.54, 1.807) is 0 Å². The average molecular weight is 401 g/mol. The molecule has 4 heteroatoms. The number of benzene rings is 2. The Morgan fingerprint density at radius 1 is 0.810 bits per heavy atom. The summed E-state index contributed by atoms with van der Waals surface area (Å²) in [4.78, 5) is 0. The van der Waals surface area contributed by atoms with Gasteiger partial charge in [-0.05, 0) is 24.3 Å². The molecule has 2 rings (SSSR count). The molecule has 2 aromatic rings. The molecule has 116 valence electrons. The number of quaternary nitrogens is 1. The van der Waals surface area contributed by atoms with Crippen molar-refractivity contribution < 1.29 is 38.3 Å². The van der Waals surface area contributed by atoms with Crippen molar-refractivity contribution in [1.29, 1.82) is 0 Å². The lowest BCUT2D eigenvalue weighted by Crippen LogP contribution is -3.00. The van der Waals surface area contributed by atoms with Crippen molar-refractivity contribution in [2.45, 2.75) is 0 Å². The molecule has 1 N–H and O–H groups in total. The lowest BCUT2D eigenvalue weighted by Gasteiger charge is -2.21. The quantitative estimate of drug-likeness (QED) is 0.585. The number of halogens is 1. The first-order chi connectivity index (χ1) is 9.51. The zero-order valence-electron chi connectivity index (χ0n) is 12.9. The van der Waals surface area contributed by atoms with E-state index >= 15 is 0 Å². The van der Waals surface area contributed by atoms with Crippen LogP contribution in [-0.2, 0) is 0 Å². The van der Waals surface area contributed by atoms with Gasteiger partial charge in [0.05, 0.1) is 27.7 Å². The van der Waals surface area contributed by atoms with Crippen LogP contribution in [0.1, 0.15) is 0 Å². The highest BCUT2D eigenvalue weighted by Crippen LogP contribution is 2.19. The molecular weight excluding hydrogens is 377 g/mol. The number of hydrogen-bond acceptors (Lipinski definition) is 2. The fourth-order valence-corrected chi connectivity index (χ4v) is 1.41. The third-order valence-electron chi connectivity index (χ3n) is 2.49. The Hall–Kier alpha value is -1.11. The van der Waals surface area contributed by atoms with Crippen molar-refractivity contribution in [1.82, 2.24) is 0 Å². The van der Waals surface area contributed by atoms with E-state index in [0.29, 0.717) is 0 Å². The van der Waals surface area contributed by atoms with Gasteiger partial charge in [-0.25, -0.2) is 0 Å². The lowest BCUT2D eigenvalue weighted by molar-refractivity contribution is -0.870. The van der Waals surface area contributed by atoms with Crippen molar-refractivity contribution in [2.24, 2.45) is 0 Å². The SMILES string of the molecule is C[N+](C)(C)CCO.[I-].c1ccc(Oc2ccccc2)cc1. The minimum absolute atomic E-state index is 0.